The molecule has 0 aliphatic carbocycles. The molecule has 28 heavy (non-hydrogen) atoms. The van der Waals surface area contributed by atoms with Crippen LogP contribution in [0.15, 0.2) is 45.3 Å². The maximum atomic E-state index is 12.7. The lowest BCUT2D eigenvalue weighted by Crippen LogP contribution is -2.47. The van der Waals surface area contributed by atoms with E-state index in [2.05, 4.69) is 26.6 Å². The van der Waals surface area contributed by atoms with Crippen molar-refractivity contribution >= 4 is 61.7 Å². The van der Waals surface area contributed by atoms with Crippen LogP contribution in [0.25, 0.3) is 11.0 Å². The Labute approximate surface area is 175 Å². The number of aryl methyl sites for hydroxylation is 1. The number of fused-ring (bicyclic) bond motifs is 1. The number of amides is 2. The van der Waals surface area contributed by atoms with Gasteiger partial charge in [0.25, 0.3) is 5.91 Å². The molecule has 0 atom stereocenters. The minimum Gasteiger partial charge on any atom is -0.451 e. The van der Waals surface area contributed by atoms with E-state index >= 15 is 0 Å². The van der Waals surface area contributed by atoms with Crippen molar-refractivity contribution in [1.82, 2.24) is 5.32 Å². The summed E-state index contributed by atoms with van der Waals surface area (Å²) in [4.78, 5) is 26.2. The molecular weight excluding hydrogens is 446 g/mol. The standard InChI is InChI=1S/C20H17BrClN3O3/c1-11-14-8-12(21)2-5-17(14)28-19(11)20(27)24-13-3-4-16(15(22)9-13)25-7-6-23-18(26)10-25/h2-5,8-9H,6-7,10H2,1H3,(H,23,26)(H,24,27). The first kappa shape index (κ1) is 18.8. The molecule has 0 bridgehead atoms. The number of piperazine rings is 1. The maximum absolute atomic E-state index is 12.7. The Morgan fingerprint density at radius 2 is 2.11 bits per heavy atom. The van der Waals surface area contributed by atoms with Gasteiger partial charge in [0.1, 0.15) is 5.58 Å². The lowest BCUT2D eigenvalue weighted by Gasteiger charge is -2.29. The number of carbonyl (C=O) groups is 2. The smallest absolute Gasteiger partial charge is 0.291 e. The fourth-order valence-corrected chi connectivity index (χ4v) is 3.94. The van der Waals surface area contributed by atoms with E-state index in [0.29, 0.717) is 29.4 Å². The van der Waals surface area contributed by atoms with Crippen LogP contribution in [0, 0.1) is 6.92 Å². The molecular formula is C20H17BrClN3O3. The molecule has 4 rings (SSSR count). The van der Waals surface area contributed by atoms with E-state index in [-0.39, 0.29) is 24.1 Å². The van der Waals surface area contributed by atoms with E-state index in [9.17, 15) is 9.59 Å². The molecule has 0 saturated carbocycles. The highest BCUT2D eigenvalue weighted by molar-refractivity contribution is 9.10. The van der Waals surface area contributed by atoms with Gasteiger partial charge in [0.05, 0.1) is 17.3 Å². The minimum atomic E-state index is -0.342. The second kappa shape index (κ2) is 7.48. The van der Waals surface area contributed by atoms with E-state index in [1.807, 2.05) is 30.0 Å². The molecule has 2 aromatic carbocycles. The molecule has 1 aromatic heterocycles. The fourth-order valence-electron chi connectivity index (χ4n) is 3.28. The van der Waals surface area contributed by atoms with Crippen LogP contribution in [0.2, 0.25) is 5.02 Å². The summed E-state index contributed by atoms with van der Waals surface area (Å²) in [6.07, 6.45) is 0. The second-order valence-electron chi connectivity index (χ2n) is 6.59. The van der Waals surface area contributed by atoms with Gasteiger partial charge in [-0.25, -0.2) is 0 Å². The first-order valence-corrected chi connectivity index (χ1v) is 9.90. The van der Waals surface area contributed by atoms with E-state index in [0.717, 1.165) is 21.1 Å². The number of furan rings is 1. The molecule has 0 radical (unpaired) electrons. The average Bonchev–Trinajstić information content (AvgIpc) is 2.98. The predicted octanol–water partition coefficient (Wildman–Crippen LogP) is 4.35. The summed E-state index contributed by atoms with van der Waals surface area (Å²) in [5, 5.41) is 6.97. The van der Waals surface area contributed by atoms with Gasteiger partial charge in [-0.3, -0.25) is 9.59 Å². The fraction of sp³-hybridized carbons (Fsp3) is 0.200. The third-order valence-corrected chi connectivity index (χ3v) is 5.49. The van der Waals surface area contributed by atoms with Crippen molar-refractivity contribution in [3.63, 3.8) is 0 Å². The zero-order chi connectivity index (χ0) is 19.8. The number of nitrogens with one attached hydrogen (secondary N) is 2. The monoisotopic (exact) mass is 461 g/mol. The lowest BCUT2D eigenvalue weighted by molar-refractivity contribution is -0.120. The Morgan fingerprint density at radius 3 is 2.86 bits per heavy atom. The largest absolute Gasteiger partial charge is 0.451 e. The van der Waals surface area contributed by atoms with Gasteiger partial charge in [0.15, 0.2) is 5.76 Å². The first-order chi connectivity index (χ1) is 13.4. The van der Waals surface area contributed by atoms with E-state index in [4.69, 9.17) is 16.0 Å². The summed E-state index contributed by atoms with van der Waals surface area (Å²) in [5.74, 6) is -0.112. The SMILES string of the molecule is Cc1c(C(=O)Nc2ccc(N3CCNC(=O)C3)c(Cl)c2)oc2ccc(Br)cc12. The van der Waals surface area contributed by atoms with Crippen LogP contribution in [0.3, 0.4) is 0 Å². The quantitative estimate of drug-likeness (QED) is 0.607. The maximum Gasteiger partial charge on any atom is 0.291 e. The van der Waals surface area contributed by atoms with Crippen LogP contribution in [0.5, 0.6) is 0 Å². The predicted molar refractivity (Wildman–Crippen MR) is 113 cm³/mol. The molecule has 2 N–H and O–H groups in total. The molecule has 6 nitrogen and oxygen atoms in total. The van der Waals surface area contributed by atoms with Gasteiger partial charge in [-0.05, 0) is 43.3 Å². The Morgan fingerprint density at radius 1 is 1.29 bits per heavy atom. The average molecular weight is 463 g/mol. The number of halogens is 2. The third kappa shape index (κ3) is 3.59. The molecule has 144 valence electrons. The summed E-state index contributed by atoms with van der Waals surface area (Å²) < 4.78 is 6.65. The zero-order valence-electron chi connectivity index (χ0n) is 15.0. The summed E-state index contributed by atoms with van der Waals surface area (Å²) in [6.45, 7) is 3.38. The molecule has 2 amide bonds. The van der Waals surface area contributed by atoms with Crippen LogP contribution in [-0.4, -0.2) is 31.4 Å². The highest BCUT2D eigenvalue weighted by atomic mass is 79.9. The Bertz CT molecular complexity index is 1100. The molecule has 2 heterocycles. The highest BCUT2D eigenvalue weighted by Crippen LogP contribution is 2.31. The van der Waals surface area contributed by atoms with Gasteiger partial charge in [-0.2, -0.15) is 0 Å². The van der Waals surface area contributed by atoms with Gasteiger partial charge >= 0.3 is 0 Å². The van der Waals surface area contributed by atoms with Gasteiger partial charge in [0, 0.05) is 34.2 Å². The van der Waals surface area contributed by atoms with Gasteiger partial charge < -0.3 is 20.0 Å². The molecule has 1 fully saturated rings. The van der Waals surface area contributed by atoms with Crippen LogP contribution >= 0.6 is 27.5 Å². The zero-order valence-corrected chi connectivity index (χ0v) is 17.4. The van der Waals surface area contributed by atoms with E-state index < -0.39 is 0 Å². The van der Waals surface area contributed by atoms with Crippen molar-refractivity contribution in [3.8, 4) is 0 Å². The summed E-state index contributed by atoms with van der Waals surface area (Å²) in [6, 6.07) is 10.9. The highest BCUT2D eigenvalue weighted by Gasteiger charge is 2.21. The van der Waals surface area contributed by atoms with Crippen LogP contribution in [-0.2, 0) is 4.79 Å². The summed E-state index contributed by atoms with van der Waals surface area (Å²) >= 11 is 9.83. The van der Waals surface area contributed by atoms with Crippen molar-refractivity contribution in [2.45, 2.75) is 6.92 Å². The first-order valence-electron chi connectivity index (χ1n) is 8.73. The van der Waals surface area contributed by atoms with Crippen molar-refractivity contribution in [3.05, 3.63) is 57.2 Å². The number of rotatable bonds is 3. The molecule has 1 saturated heterocycles. The Balaban J connectivity index is 1.56. The Kier molecular flexibility index (Phi) is 5.03. The van der Waals surface area contributed by atoms with Crippen LogP contribution < -0.4 is 15.5 Å². The Hall–Kier alpha value is -2.51. The number of carbonyl (C=O) groups excluding carboxylic acids is 2. The minimum absolute atomic E-state index is 0.0355. The number of hydrogen-bond acceptors (Lipinski definition) is 4. The number of nitrogens with zero attached hydrogens (tertiary/aromatic N) is 1. The normalized spacial score (nSPS) is 14.2. The van der Waals surface area contributed by atoms with E-state index in [1.54, 1.807) is 18.2 Å². The number of benzene rings is 2. The van der Waals surface area contributed by atoms with Crippen molar-refractivity contribution < 1.29 is 14.0 Å². The van der Waals surface area contributed by atoms with Crippen LogP contribution in [0.4, 0.5) is 11.4 Å². The lowest BCUT2D eigenvalue weighted by atomic mass is 10.1. The van der Waals surface area contributed by atoms with Gasteiger partial charge in [0.2, 0.25) is 5.91 Å². The third-order valence-electron chi connectivity index (χ3n) is 4.69. The molecule has 3 aromatic rings. The molecule has 1 aliphatic heterocycles. The summed E-state index contributed by atoms with van der Waals surface area (Å²) in [5.41, 5.74) is 2.75. The molecule has 0 spiro atoms. The molecule has 1 aliphatic rings. The summed E-state index contributed by atoms with van der Waals surface area (Å²) in [7, 11) is 0. The van der Waals surface area contributed by atoms with E-state index in [1.165, 1.54) is 0 Å². The van der Waals surface area contributed by atoms with Crippen molar-refractivity contribution in [2.24, 2.45) is 0 Å². The topological polar surface area (TPSA) is 74.6 Å². The number of anilines is 2. The van der Waals surface area contributed by atoms with Crippen molar-refractivity contribution in [1.29, 1.82) is 0 Å². The molecule has 0 unspecified atom stereocenters. The number of hydrogen-bond donors (Lipinski definition) is 2. The second-order valence-corrected chi connectivity index (χ2v) is 7.91. The van der Waals surface area contributed by atoms with Gasteiger partial charge in [-0.15, -0.1) is 0 Å². The molecule has 8 heteroatoms. The van der Waals surface area contributed by atoms with Crippen molar-refractivity contribution in [2.75, 3.05) is 29.9 Å². The van der Waals surface area contributed by atoms with Crippen LogP contribution in [0.1, 0.15) is 16.1 Å². The van der Waals surface area contributed by atoms with Gasteiger partial charge in [-0.1, -0.05) is 27.5 Å².